The molecular formula is C18H20BrN5O3. The third-order valence-electron chi connectivity index (χ3n) is 5.07. The highest BCUT2D eigenvalue weighted by Gasteiger charge is 2.28. The van der Waals surface area contributed by atoms with E-state index < -0.39 is 0 Å². The zero-order valence-corrected chi connectivity index (χ0v) is 16.6. The Labute approximate surface area is 163 Å². The monoisotopic (exact) mass is 433 g/mol. The van der Waals surface area contributed by atoms with Gasteiger partial charge in [-0.05, 0) is 40.9 Å². The molecule has 3 aromatic heterocycles. The van der Waals surface area contributed by atoms with Crippen LogP contribution in [0.15, 0.2) is 38.5 Å². The maximum Gasteiger partial charge on any atom is 0.266 e. The Bertz CT molecular complexity index is 1020. The van der Waals surface area contributed by atoms with Gasteiger partial charge in [0.15, 0.2) is 5.65 Å². The van der Waals surface area contributed by atoms with Gasteiger partial charge in [0, 0.05) is 13.1 Å². The fourth-order valence-electron chi connectivity index (χ4n) is 3.69. The predicted octanol–water partition coefficient (Wildman–Crippen LogP) is 2.46. The number of carbonyl (C=O) groups excluding carboxylic acids is 1. The van der Waals surface area contributed by atoms with Gasteiger partial charge >= 0.3 is 0 Å². The summed E-state index contributed by atoms with van der Waals surface area (Å²) >= 11 is 3.30. The number of carbonyl (C=O) groups is 1. The van der Waals surface area contributed by atoms with Crippen molar-refractivity contribution in [3.8, 4) is 0 Å². The third kappa shape index (κ3) is 3.43. The van der Waals surface area contributed by atoms with Crippen molar-refractivity contribution in [3.05, 3.63) is 45.4 Å². The highest BCUT2D eigenvalue weighted by atomic mass is 79.9. The van der Waals surface area contributed by atoms with Crippen molar-refractivity contribution >= 4 is 32.9 Å². The molecule has 1 fully saturated rings. The van der Waals surface area contributed by atoms with Crippen LogP contribution in [0.3, 0.4) is 0 Å². The normalized spacial score (nSPS) is 14.9. The van der Waals surface area contributed by atoms with E-state index in [9.17, 15) is 9.59 Å². The first kappa shape index (κ1) is 18.0. The van der Waals surface area contributed by atoms with E-state index in [4.69, 9.17) is 4.42 Å². The maximum absolute atomic E-state index is 13.1. The first-order valence-electron chi connectivity index (χ1n) is 8.94. The number of hydrogen-bond donors (Lipinski definition) is 0. The molecule has 0 unspecified atom stereocenters. The smallest absolute Gasteiger partial charge is 0.266 e. The van der Waals surface area contributed by atoms with Gasteiger partial charge in [-0.3, -0.25) is 14.2 Å². The second-order valence-corrected chi connectivity index (χ2v) is 7.58. The fraction of sp³-hybridized carbons (Fsp3) is 0.444. The Morgan fingerprint density at radius 1 is 1.41 bits per heavy atom. The first-order chi connectivity index (χ1) is 13.0. The van der Waals surface area contributed by atoms with E-state index in [1.54, 1.807) is 13.3 Å². The molecule has 9 heteroatoms. The summed E-state index contributed by atoms with van der Waals surface area (Å²) in [6.07, 6.45) is 7.20. The number of nitrogens with zero attached hydrogens (tertiary/aromatic N) is 5. The van der Waals surface area contributed by atoms with Crippen LogP contribution in [-0.4, -0.2) is 36.2 Å². The summed E-state index contributed by atoms with van der Waals surface area (Å²) in [5.41, 5.74) is 0.205. The molecule has 1 saturated carbocycles. The molecule has 27 heavy (non-hydrogen) atoms. The summed E-state index contributed by atoms with van der Waals surface area (Å²) in [4.78, 5) is 32.0. The zero-order valence-electron chi connectivity index (χ0n) is 15.0. The third-order valence-corrected chi connectivity index (χ3v) is 5.62. The van der Waals surface area contributed by atoms with E-state index >= 15 is 0 Å². The Morgan fingerprint density at radius 3 is 2.89 bits per heavy atom. The predicted molar refractivity (Wildman–Crippen MR) is 102 cm³/mol. The summed E-state index contributed by atoms with van der Waals surface area (Å²) < 4.78 is 8.75. The number of halogens is 1. The van der Waals surface area contributed by atoms with Crippen LogP contribution in [0.4, 0.5) is 0 Å². The second kappa shape index (κ2) is 7.30. The number of aryl methyl sites for hydroxylation is 1. The van der Waals surface area contributed by atoms with Gasteiger partial charge in [-0.25, -0.2) is 9.67 Å². The van der Waals surface area contributed by atoms with E-state index in [-0.39, 0.29) is 24.1 Å². The van der Waals surface area contributed by atoms with Crippen LogP contribution in [0.2, 0.25) is 0 Å². The molecule has 4 rings (SSSR count). The summed E-state index contributed by atoms with van der Waals surface area (Å²) in [6, 6.07) is 3.86. The molecule has 0 saturated heterocycles. The average molecular weight is 434 g/mol. The number of fused-ring (bicyclic) bond motifs is 1. The Balaban J connectivity index is 1.62. The molecule has 0 aromatic carbocycles. The van der Waals surface area contributed by atoms with E-state index in [1.165, 1.54) is 15.6 Å². The molecular weight excluding hydrogens is 414 g/mol. The lowest BCUT2D eigenvalue weighted by molar-refractivity contribution is -0.135. The topological polar surface area (TPSA) is 86.2 Å². The van der Waals surface area contributed by atoms with Gasteiger partial charge in [-0.2, -0.15) is 5.10 Å². The summed E-state index contributed by atoms with van der Waals surface area (Å²) in [5, 5.41) is 4.55. The van der Waals surface area contributed by atoms with Crippen molar-refractivity contribution in [2.45, 2.75) is 44.8 Å². The van der Waals surface area contributed by atoms with Crippen molar-refractivity contribution in [1.82, 2.24) is 24.2 Å². The molecule has 3 heterocycles. The van der Waals surface area contributed by atoms with Gasteiger partial charge in [0.05, 0.1) is 12.8 Å². The van der Waals surface area contributed by atoms with Crippen molar-refractivity contribution in [1.29, 1.82) is 0 Å². The van der Waals surface area contributed by atoms with Crippen LogP contribution in [0.1, 0.15) is 31.4 Å². The Kier molecular flexibility index (Phi) is 4.86. The van der Waals surface area contributed by atoms with E-state index in [0.29, 0.717) is 22.2 Å². The molecule has 8 nitrogen and oxygen atoms in total. The van der Waals surface area contributed by atoms with Crippen molar-refractivity contribution in [3.63, 3.8) is 0 Å². The lowest BCUT2D eigenvalue weighted by Crippen LogP contribution is -2.41. The van der Waals surface area contributed by atoms with E-state index in [0.717, 1.165) is 31.4 Å². The number of amides is 1. The summed E-state index contributed by atoms with van der Waals surface area (Å²) in [6.45, 7) is 0.359. The maximum atomic E-state index is 13.1. The molecule has 0 N–H and O–H groups in total. The quantitative estimate of drug-likeness (QED) is 0.616. The molecule has 3 aromatic rings. The highest BCUT2D eigenvalue weighted by molar-refractivity contribution is 9.10. The van der Waals surface area contributed by atoms with Gasteiger partial charge in [0.25, 0.3) is 5.56 Å². The highest BCUT2D eigenvalue weighted by Crippen LogP contribution is 2.25. The molecule has 0 spiro atoms. The number of furan rings is 1. The van der Waals surface area contributed by atoms with Crippen LogP contribution in [-0.2, 0) is 24.9 Å². The van der Waals surface area contributed by atoms with Crippen molar-refractivity contribution in [2.75, 3.05) is 0 Å². The Hall–Kier alpha value is -2.42. The van der Waals surface area contributed by atoms with Gasteiger partial charge in [0.1, 0.15) is 28.6 Å². The molecule has 0 bridgehead atoms. The van der Waals surface area contributed by atoms with Crippen LogP contribution in [0.5, 0.6) is 0 Å². The van der Waals surface area contributed by atoms with Crippen LogP contribution >= 0.6 is 15.9 Å². The van der Waals surface area contributed by atoms with Crippen LogP contribution < -0.4 is 5.56 Å². The Morgan fingerprint density at radius 2 is 2.19 bits per heavy atom. The van der Waals surface area contributed by atoms with Gasteiger partial charge in [0.2, 0.25) is 5.91 Å². The second-order valence-electron chi connectivity index (χ2n) is 6.83. The first-order valence-corrected chi connectivity index (χ1v) is 9.73. The molecule has 0 atom stereocenters. The minimum Gasteiger partial charge on any atom is -0.467 e. The molecule has 142 valence electrons. The average Bonchev–Trinajstić information content (AvgIpc) is 3.38. The van der Waals surface area contributed by atoms with E-state index in [1.807, 2.05) is 17.0 Å². The molecule has 1 amide bonds. The molecule has 0 aliphatic heterocycles. The number of hydrogen-bond acceptors (Lipinski definition) is 5. The SMILES string of the molecule is Cn1nc(Br)c2c(=O)n(CC(=O)N(Cc3ccco3)C3CCCC3)cnc21. The minimum atomic E-state index is -0.280. The van der Waals surface area contributed by atoms with Gasteiger partial charge in [-0.1, -0.05) is 12.8 Å². The van der Waals surface area contributed by atoms with Crippen LogP contribution in [0, 0.1) is 0 Å². The number of aromatic nitrogens is 4. The minimum absolute atomic E-state index is 0.0552. The lowest BCUT2D eigenvalue weighted by atomic mass is 10.2. The number of rotatable bonds is 5. The van der Waals surface area contributed by atoms with Gasteiger partial charge < -0.3 is 9.32 Å². The van der Waals surface area contributed by atoms with Gasteiger partial charge in [-0.15, -0.1) is 0 Å². The molecule has 1 aliphatic rings. The molecule has 0 radical (unpaired) electrons. The fourth-order valence-corrected chi connectivity index (χ4v) is 4.28. The standard InChI is InChI=1S/C18H20BrN5O3/c1-22-17-15(16(19)21-22)18(26)23(11-20-17)10-14(25)24(12-5-2-3-6-12)9-13-7-4-8-27-13/h4,7-8,11-12H,2-3,5-6,9-10H2,1H3. The van der Waals surface area contributed by atoms with Crippen molar-refractivity contribution in [2.24, 2.45) is 7.05 Å². The van der Waals surface area contributed by atoms with Crippen molar-refractivity contribution < 1.29 is 9.21 Å². The largest absolute Gasteiger partial charge is 0.467 e. The molecule has 1 aliphatic carbocycles. The summed E-state index contributed by atoms with van der Waals surface area (Å²) in [7, 11) is 1.72. The van der Waals surface area contributed by atoms with E-state index in [2.05, 4.69) is 26.0 Å². The lowest BCUT2D eigenvalue weighted by Gasteiger charge is -2.28. The summed E-state index contributed by atoms with van der Waals surface area (Å²) in [5.74, 6) is 0.632. The zero-order chi connectivity index (χ0) is 19.0. The van der Waals surface area contributed by atoms with Crippen LogP contribution in [0.25, 0.3) is 11.0 Å².